The number of carboxylic acid groups (broad SMARTS) is 1. The van der Waals surface area contributed by atoms with Gasteiger partial charge in [-0.3, -0.25) is 19.6 Å². The van der Waals surface area contributed by atoms with Crippen LogP contribution in [0.15, 0.2) is 35.3 Å². The van der Waals surface area contributed by atoms with Gasteiger partial charge in [0.1, 0.15) is 29.3 Å². The first-order chi connectivity index (χ1) is 23.6. The maximum Gasteiger partial charge on any atom is 0.408 e. The molecule has 4 heterocycles. The minimum absolute atomic E-state index is 0.110. The van der Waals surface area contributed by atoms with Crippen LogP contribution in [0.4, 0.5) is 20.2 Å². The van der Waals surface area contributed by atoms with Crippen molar-refractivity contribution in [3.05, 3.63) is 46.5 Å². The standard InChI is InChI=1S/C34H46N8O8/c1-33(2,3)50-32(48)38-34(4,5)28(43)39-10-12-40(13-11-39)29(44)36-27-8-9-42(30(45)37-27)21-7-6-20-14-22(19-49-26(20)15-21)41-17-24-23(25(24)18-41)16-35-31(46)47/h6-9,15,22-25,35H,10-14,16-19H2,1-5H3,(H,38,48)(H,46,47)(H,36,37,44,45). The van der Waals surface area contributed by atoms with Crippen LogP contribution in [0.5, 0.6) is 5.75 Å². The first kappa shape index (κ1) is 35.0. The Morgan fingerprint density at radius 2 is 1.68 bits per heavy atom. The molecule has 270 valence electrons. The van der Waals surface area contributed by atoms with E-state index in [1.54, 1.807) is 56.7 Å². The number of amides is 5. The number of hydrogen-bond acceptors (Lipinski definition) is 9. The van der Waals surface area contributed by atoms with Gasteiger partial charge in [-0.1, -0.05) is 6.07 Å². The zero-order chi connectivity index (χ0) is 36.0. The molecule has 16 heteroatoms. The normalized spacial score (nSPS) is 23.2. The Bertz CT molecular complexity index is 1700. The number of piperidine rings is 1. The highest BCUT2D eigenvalue weighted by atomic mass is 16.6. The predicted molar refractivity (Wildman–Crippen MR) is 182 cm³/mol. The number of anilines is 1. The molecule has 50 heavy (non-hydrogen) atoms. The van der Waals surface area contributed by atoms with Gasteiger partial charge in [-0.05, 0) is 76.5 Å². The van der Waals surface area contributed by atoms with E-state index in [0.717, 1.165) is 30.8 Å². The summed E-state index contributed by atoms with van der Waals surface area (Å²) in [5.74, 6) is 2.04. The van der Waals surface area contributed by atoms with Crippen LogP contribution in [0.2, 0.25) is 0 Å². The van der Waals surface area contributed by atoms with E-state index in [9.17, 15) is 24.0 Å². The molecule has 1 aliphatic carbocycles. The van der Waals surface area contributed by atoms with E-state index in [1.165, 1.54) is 4.57 Å². The van der Waals surface area contributed by atoms with Crippen molar-refractivity contribution < 1.29 is 33.8 Å². The van der Waals surface area contributed by atoms with Crippen LogP contribution in [0, 0.1) is 17.8 Å². The largest absolute Gasteiger partial charge is 0.492 e. The Hall–Kier alpha value is -4.86. The molecule has 1 aromatic carbocycles. The molecule has 3 atom stereocenters. The molecule has 2 saturated heterocycles. The lowest BCUT2D eigenvalue weighted by molar-refractivity contribution is -0.138. The molecule has 1 saturated carbocycles. The highest BCUT2D eigenvalue weighted by Gasteiger charge is 2.56. The zero-order valence-corrected chi connectivity index (χ0v) is 29.1. The van der Waals surface area contributed by atoms with E-state index >= 15 is 0 Å². The molecule has 5 amide bonds. The highest BCUT2D eigenvalue weighted by Crippen LogP contribution is 2.52. The Morgan fingerprint density at radius 3 is 2.32 bits per heavy atom. The van der Waals surface area contributed by atoms with Gasteiger partial charge < -0.3 is 35.0 Å². The number of alkyl carbamates (subject to hydrolysis) is 1. The molecule has 4 aliphatic rings. The van der Waals surface area contributed by atoms with Gasteiger partial charge in [0.15, 0.2) is 0 Å². The maximum atomic E-state index is 13.1. The number of hydrogen-bond donors (Lipinski definition) is 4. The average Bonchev–Trinajstić information content (AvgIpc) is 3.49. The summed E-state index contributed by atoms with van der Waals surface area (Å²) in [6.45, 7) is 12.5. The smallest absolute Gasteiger partial charge is 0.408 e. The third kappa shape index (κ3) is 7.79. The second kappa shape index (κ2) is 13.5. The number of fused-ring (bicyclic) bond motifs is 2. The number of nitrogens with one attached hydrogen (secondary N) is 3. The summed E-state index contributed by atoms with van der Waals surface area (Å²) in [4.78, 5) is 71.9. The number of carbonyl (C=O) groups excluding carboxylic acids is 3. The number of urea groups is 1. The van der Waals surface area contributed by atoms with Crippen molar-refractivity contribution in [1.82, 2.24) is 34.9 Å². The minimum Gasteiger partial charge on any atom is -0.492 e. The summed E-state index contributed by atoms with van der Waals surface area (Å²) in [5, 5.41) is 16.7. The van der Waals surface area contributed by atoms with Gasteiger partial charge in [0, 0.05) is 64.1 Å². The maximum absolute atomic E-state index is 13.1. The number of likely N-dealkylation sites (tertiary alicyclic amines) is 1. The van der Waals surface area contributed by atoms with E-state index in [0.29, 0.717) is 36.6 Å². The Kier molecular flexibility index (Phi) is 9.41. The van der Waals surface area contributed by atoms with Crippen molar-refractivity contribution in [1.29, 1.82) is 0 Å². The molecule has 16 nitrogen and oxygen atoms in total. The van der Waals surface area contributed by atoms with Crippen LogP contribution in [0.25, 0.3) is 5.69 Å². The SMILES string of the molecule is CC(C)(C)OC(=O)NC(C)(C)C(=O)N1CCN(C(=O)Nc2ccn(-c3ccc4c(c3)OCC(N3CC5C(CNC(=O)O)C5C3)C4)c(=O)n2)CC1. The zero-order valence-electron chi connectivity index (χ0n) is 29.1. The van der Waals surface area contributed by atoms with Crippen LogP contribution in [-0.2, 0) is 16.0 Å². The van der Waals surface area contributed by atoms with Gasteiger partial charge in [-0.2, -0.15) is 4.98 Å². The van der Waals surface area contributed by atoms with E-state index in [2.05, 4.69) is 25.8 Å². The lowest BCUT2D eigenvalue weighted by Crippen LogP contribution is -2.60. The lowest BCUT2D eigenvalue weighted by Gasteiger charge is -2.38. The molecule has 0 bridgehead atoms. The number of nitrogens with zero attached hydrogens (tertiary/aromatic N) is 5. The molecule has 2 aromatic rings. The average molecular weight is 695 g/mol. The van der Waals surface area contributed by atoms with Crippen LogP contribution < -0.4 is 26.4 Å². The summed E-state index contributed by atoms with van der Waals surface area (Å²) in [5.41, 5.74) is -0.801. The lowest BCUT2D eigenvalue weighted by atomic mass is 10.0. The minimum atomic E-state index is -1.20. The van der Waals surface area contributed by atoms with Gasteiger partial charge in [0.05, 0.1) is 5.69 Å². The molecule has 0 radical (unpaired) electrons. The summed E-state index contributed by atoms with van der Waals surface area (Å²) < 4.78 is 12.8. The fraction of sp³-hybridized carbons (Fsp3) is 0.588. The van der Waals surface area contributed by atoms with Crippen LogP contribution in [0.3, 0.4) is 0 Å². The first-order valence-electron chi connectivity index (χ1n) is 17.0. The Morgan fingerprint density at radius 1 is 1.00 bits per heavy atom. The van der Waals surface area contributed by atoms with Gasteiger partial charge in [0.25, 0.3) is 0 Å². The predicted octanol–water partition coefficient (Wildman–Crippen LogP) is 1.96. The Balaban J connectivity index is 0.985. The second-order valence-corrected chi connectivity index (χ2v) is 15.0. The monoisotopic (exact) mass is 694 g/mol. The topological polar surface area (TPSA) is 188 Å². The molecule has 4 N–H and O–H groups in total. The molecule has 3 unspecified atom stereocenters. The van der Waals surface area contributed by atoms with E-state index in [-0.39, 0.29) is 43.9 Å². The van der Waals surface area contributed by atoms with Crippen molar-refractivity contribution in [2.24, 2.45) is 17.8 Å². The molecule has 1 aromatic heterocycles. The number of ether oxygens (including phenoxy) is 2. The van der Waals surface area contributed by atoms with E-state index in [4.69, 9.17) is 14.6 Å². The molecule has 0 spiro atoms. The third-order valence-electron chi connectivity index (χ3n) is 9.86. The van der Waals surface area contributed by atoms with Gasteiger partial charge in [-0.15, -0.1) is 0 Å². The number of rotatable bonds is 7. The second-order valence-electron chi connectivity index (χ2n) is 15.0. The fourth-order valence-corrected chi connectivity index (χ4v) is 7.20. The van der Waals surface area contributed by atoms with Crippen LogP contribution >= 0.6 is 0 Å². The van der Waals surface area contributed by atoms with Crippen molar-refractivity contribution >= 4 is 29.9 Å². The number of benzene rings is 1. The van der Waals surface area contributed by atoms with Crippen molar-refractivity contribution in [2.75, 3.05) is 57.7 Å². The summed E-state index contributed by atoms with van der Waals surface area (Å²) in [6.07, 6.45) is 0.728. The summed E-state index contributed by atoms with van der Waals surface area (Å²) in [7, 11) is 0. The third-order valence-corrected chi connectivity index (χ3v) is 9.86. The van der Waals surface area contributed by atoms with Crippen molar-refractivity contribution in [3.63, 3.8) is 0 Å². The van der Waals surface area contributed by atoms with Crippen molar-refractivity contribution in [2.45, 2.75) is 58.2 Å². The molecule has 3 aliphatic heterocycles. The highest BCUT2D eigenvalue weighted by molar-refractivity contribution is 5.90. The summed E-state index contributed by atoms with van der Waals surface area (Å²) >= 11 is 0. The summed E-state index contributed by atoms with van der Waals surface area (Å²) in [6, 6.07) is 7.01. The number of carbonyl (C=O) groups is 4. The van der Waals surface area contributed by atoms with E-state index in [1.807, 2.05) is 18.2 Å². The molecular formula is C34H46N8O8. The van der Waals surface area contributed by atoms with Gasteiger partial charge in [-0.25, -0.2) is 19.2 Å². The number of piperazine rings is 1. The quantitative estimate of drug-likeness (QED) is 0.334. The van der Waals surface area contributed by atoms with Crippen LogP contribution in [0.1, 0.15) is 40.2 Å². The molecule has 3 fully saturated rings. The van der Waals surface area contributed by atoms with Gasteiger partial charge >= 0.3 is 23.9 Å². The number of aromatic nitrogens is 2. The Labute approximate surface area is 290 Å². The first-order valence-corrected chi connectivity index (χ1v) is 17.0. The van der Waals surface area contributed by atoms with E-state index < -0.39 is 35.0 Å². The molecular weight excluding hydrogens is 648 g/mol. The van der Waals surface area contributed by atoms with Crippen molar-refractivity contribution in [3.8, 4) is 11.4 Å². The molecule has 6 rings (SSSR count). The van der Waals surface area contributed by atoms with Gasteiger partial charge in [0.2, 0.25) is 5.91 Å². The fourth-order valence-electron chi connectivity index (χ4n) is 7.20. The van der Waals surface area contributed by atoms with Crippen LogP contribution in [-0.4, -0.2) is 123 Å².